The maximum atomic E-state index is 13.7. The number of hydrogen-bond donors (Lipinski definition) is 2. The summed E-state index contributed by atoms with van der Waals surface area (Å²) in [6.07, 6.45) is -2.58. The molecule has 282 valence electrons. The van der Waals surface area contributed by atoms with Gasteiger partial charge >= 0.3 is 11.9 Å². The van der Waals surface area contributed by atoms with Crippen LogP contribution in [0.2, 0.25) is 5.02 Å². The Morgan fingerprint density at radius 1 is 0.964 bits per heavy atom. The Morgan fingerprint density at radius 3 is 2.35 bits per heavy atom. The third-order valence-corrected chi connectivity index (χ3v) is 11.5. The van der Waals surface area contributed by atoms with Gasteiger partial charge in [0.05, 0.1) is 44.4 Å². The number of nitrogens with zero attached hydrogens (tertiary/aromatic N) is 4. The molecule has 4 aromatic rings. The van der Waals surface area contributed by atoms with Gasteiger partial charge in [-0.25, -0.2) is 4.79 Å². The van der Waals surface area contributed by atoms with Gasteiger partial charge in [0.15, 0.2) is 0 Å². The summed E-state index contributed by atoms with van der Waals surface area (Å²) in [5, 5.41) is 4.97. The monoisotopic (exact) mass is 772 g/mol. The van der Waals surface area contributed by atoms with Crippen LogP contribution < -0.4 is 21.2 Å². The average molecular weight is 773 g/mol. The molecular weight excluding hydrogens is 741 g/mol. The molecule has 12 nitrogen and oxygen atoms in total. The number of anilines is 2. The molecule has 8 rings (SSSR count). The third-order valence-electron chi connectivity index (χ3n) is 11.2. The van der Waals surface area contributed by atoms with Crippen LogP contribution in [-0.2, 0) is 33.1 Å². The zero-order valence-electron chi connectivity index (χ0n) is 29.3. The van der Waals surface area contributed by atoms with E-state index < -0.39 is 46.2 Å². The van der Waals surface area contributed by atoms with Crippen LogP contribution in [-0.4, -0.2) is 69.1 Å². The van der Waals surface area contributed by atoms with Crippen LogP contribution in [0.5, 0.6) is 0 Å². The van der Waals surface area contributed by atoms with E-state index >= 15 is 0 Å². The Labute approximate surface area is 316 Å². The van der Waals surface area contributed by atoms with Crippen LogP contribution in [0.25, 0.3) is 11.0 Å². The lowest BCUT2D eigenvalue weighted by atomic mass is 9.75. The number of amides is 4. The molecule has 1 unspecified atom stereocenters. The van der Waals surface area contributed by atoms with Gasteiger partial charge in [-0.05, 0) is 80.3 Å². The molecule has 16 heteroatoms. The summed E-state index contributed by atoms with van der Waals surface area (Å²) < 4.78 is 42.3. The number of carbonyl (C=O) groups is 5. The molecule has 0 radical (unpaired) electrons. The van der Waals surface area contributed by atoms with E-state index in [2.05, 4.69) is 22.5 Å². The number of nitrogens with one attached hydrogen (secondary N) is 2. The van der Waals surface area contributed by atoms with Crippen LogP contribution in [0.4, 0.5) is 24.5 Å². The van der Waals surface area contributed by atoms with Crippen molar-refractivity contribution in [1.29, 1.82) is 0 Å². The minimum atomic E-state index is -4.60. The number of halogens is 4. The summed E-state index contributed by atoms with van der Waals surface area (Å²) in [5.74, 6) is 4.48. The summed E-state index contributed by atoms with van der Waals surface area (Å²) in [6.45, 7) is 0.983. The molecular formula is C39H32ClF3N6O6. The highest BCUT2D eigenvalue weighted by molar-refractivity contribution is 6.33. The number of aromatic nitrogens is 2. The summed E-state index contributed by atoms with van der Waals surface area (Å²) in [7, 11) is 1.60. The Bertz CT molecular complexity index is 2480. The number of alkyl halides is 3. The van der Waals surface area contributed by atoms with Crippen LogP contribution in [0.3, 0.4) is 0 Å². The quantitative estimate of drug-likeness (QED) is 0.168. The number of carbonyl (C=O) groups excluding carboxylic acids is 5. The number of rotatable bonds is 6. The van der Waals surface area contributed by atoms with E-state index in [0.29, 0.717) is 55.2 Å². The zero-order chi connectivity index (χ0) is 39.0. The van der Waals surface area contributed by atoms with Gasteiger partial charge in [-0.15, -0.1) is 0 Å². The first kappa shape index (κ1) is 36.1. The molecule has 0 bridgehead atoms. The van der Waals surface area contributed by atoms with Crippen molar-refractivity contribution in [1.82, 2.24) is 19.4 Å². The highest BCUT2D eigenvalue weighted by Gasteiger charge is 2.51. The van der Waals surface area contributed by atoms with E-state index in [-0.39, 0.29) is 53.0 Å². The van der Waals surface area contributed by atoms with Crippen LogP contribution in [0.1, 0.15) is 63.9 Å². The fraction of sp³-hybridized carbons (Fsp3) is 0.333. The first-order valence-electron chi connectivity index (χ1n) is 17.6. The number of aldehydes is 1. The second kappa shape index (κ2) is 12.9. The van der Waals surface area contributed by atoms with Crippen LogP contribution >= 0.6 is 11.6 Å². The number of imidazole rings is 1. The summed E-state index contributed by atoms with van der Waals surface area (Å²) in [5.41, 5.74) is -1.21. The third kappa shape index (κ3) is 5.78. The van der Waals surface area contributed by atoms with Crippen molar-refractivity contribution in [3.8, 4) is 11.8 Å². The fourth-order valence-electron chi connectivity index (χ4n) is 7.82. The minimum Gasteiger partial charge on any atom is -0.369 e. The smallest absolute Gasteiger partial charge is 0.369 e. The van der Waals surface area contributed by atoms with Gasteiger partial charge in [0.2, 0.25) is 5.91 Å². The highest BCUT2D eigenvalue weighted by Crippen LogP contribution is 2.43. The van der Waals surface area contributed by atoms with E-state index in [1.165, 1.54) is 9.13 Å². The predicted octanol–water partition coefficient (Wildman–Crippen LogP) is 4.46. The zero-order valence-corrected chi connectivity index (χ0v) is 30.0. The number of imide groups is 1. The molecule has 1 aromatic heterocycles. The van der Waals surface area contributed by atoms with Crippen molar-refractivity contribution < 1.29 is 37.1 Å². The molecule has 3 aliphatic heterocycles. The van der Waals surface area contributed by atoms with Crippen molar-refractivity contribution in [3.63, 3.8) is 0 Å². The molecule has 1 atom stereocenters. The molecule has 1 saturated carbocycles. The standard InChI is InChI=1S/C39H32ClF3N6O6/c1-46-31-15-22(5-10-30(31)48(36(46)55)38(12-2-13-38)35(54)45-29-9-6-24(16-28(29)40)39(41,42)43)3-4-23-18-47(19-23)25-7-8-26-27(17-25)34(53)49(33(26)52)37(21-50)14-11-32(51)44-20-37/h5-10,15-17,21,23H,2,11-14,18-20H2,1H3,(H,44,51)(H,45,54). The van der Waals surface area contributed by atoms with Crippen molar-refractivity contribution in [2.75, 3.05) is 29.9 Å². The van der Waals surface area contributed by atoms with Crippen LogP contribution in [0, 0.1) is 17.8 Å². The topological polar surface area (TPSA) is 143 Å². The molecule has 3 fully saturated rings. The molecule has 1 aliphatic carbocycles. The molecule has 4 heterocycles. The summed E-state index contributed by atoms with van der Waals surface area (Å²) >= 11 is 6.11. The fourth-order valence-corrected chi connectivity index (χ4v) is 8.05. The molecule has 0 spiro atoms. The molecule has 55 heavy (non-hydrogen) atoms. The van der Waals surface area contributed by atoms with Gasteiger partial charge in [0.1, 0.15) is 17.4 Å². The highest BCUT2D eigenvalue weighted by atomic mass is 35.5. The van der Waals surface area contributed by atoms with Crippen molar-refractivity contribution in [2.24, 2.45) is 13.0 Å². The van der Waals surface area contributed by atoms with Crippen LogP contribution in [0.15, 0.2) is 59.4 Å². The van der Waals surface area contributed by atoms with Gasteiger partial charge < -0.3 is 20.3 Å². The number of hydrogen-bond acceptors (Lipinski definition) is 7. The van der Waals surface area contributed by atoms with Gasteiger partial charge in [0.25, 0.3) is 17.7 Å². The molecule has 4 aliphatic rings. The Balaban J connectivity index is 0.970. The number of benzene rings is 3. The SMILES string of the molecule is Cn1c(=O)n(C2(C(=O)Nc3ccc(C(F)(F)F)cc3Cl)CCC2)c2ccc(C#CC3CN(c4ccc5c(c4)C(=O)N(C4(C=O)CCC(=O)NC4)C5=O)C3)cc21. The van der Waals surface area contributed by atoms with E-state index in [9.17, 15) is 41.9 Å². The molecule has 3 aromatic carbocycles. The lowest BCUT2D eigenvalue weighted by molar-refractivity contribution is -0.137. The van der Waals surface area contributed by atoms with Crippen molar-refractivity contribution in [3.05, 3.63) is 92.4 Å². The van der Waals surface area contributed by atoms with Crippen molar-refractivity contribution in [2.45, 2.75) is 49.4 Å². The second-order valence-corrected chi connectivity index (χ2v) is 14.9. The summed E-state index contributed by atoms with van der Waals surface area (Å²) in [6, 6.07) is 12.9. The lowest BCUT2D eigenvalue weighted by Gasteiger charge is -2.41. The summed E-state index contributed by atoms with van der Waals surface area (Å²) in [4.78, 5) is 80.9. The van der Waals surface area contributed by atoms with Gasteiger partial charge in [-0.2, -0.15) is 13.2 Å². The van der Waals surface area contributed by atoms with Crippen molar-refractivity contribution >= 4 is 63.9 Å². The van der Waals surface area contributed by atoms with E-state index in [0.717, 1.165) is 28.8 Å². The van der Waals surface area contributed by atoms with Gasteiger partial charge in [0, 0.05) is 44.4 Å². The normalized spacial score (nSPS) is 20.6. The van der Waals surface area contributed by atoms with Gasteiger partial charge in [-0.3, -0.25) is 33.2 Å². The molecule has 2 saturated heterocycles. The molecule has 4 amide bonds. The van der Waals surface area contributed by atoms with E-state index in [1.54, 1.807) is 43.4 Å². The van der Waals surface area contributed by atoms with E-state index in [4.69, 9.17) is 11.6 Å². The Kier molecular flexibility index (Phi) is 8.45. The van der Waals surface area contributed by atoms with Gasteiger partial charge in [-0.1, -0.05) is 23.4 Å². The minimum absolute atomic E-state index is 0.0114. The first-order valence-corrected chi connectivity index (χ1v) is 18.0. The molecule has 2 N–H and O–H groups in total. The Morgan fingerprint density at radius 2 is 1.71 bits per heavy atom. The Hall–Kier alpha value is -5.88. The number of aryl methyl sites for hydroxylation is 1. The van der Waals surface area contributed by atoms with E-state index in [1.807, 2.05) is 4.90 Å². The predicted molar refractivity (Wildman–Crippen MR) is 195 cm³/mol. The lowest BCUT2D eigenvalue weighted by Crippen LogP contribution is -2.61. The number of fused-ring (bicyclic) bond motifs is 2. The maximum absolute atomic E-state index is 13.7. The second-order valence-electron chi connectivity index (χ2n) is 14.5. The average Bonchev–Trinajstić information content (AvgIpc) is 3.52. The largest absolute Gasteiger partial charge is 0.416 e. The number of piperidine rings is 1. The maximum Gasteiger partial charge on any atom is 0.416 e. The first-order chi connectivity index (χ1) is 26.2.